The summed E-state index contributed by atoms with van der Waals surface area (Å²) in [7, 11) is 1.93. The Labute approximate surface area is 134 Å². The highest BCUT2D eigenvalue weighted by Crippen LogP contribution is 2.29. The minimum atomic E-state index is -0.162. The number of anilines is 1. The van der Waals surface area contributed by atoms with Gasteiger partial charge in [0, 0.05) is 30.4 Å². The van der Waals surface area contributed by atoms with Crippen molar-refractivity contribution >= 4 is 11.7 Å². The lowest BCUT2D eigenvalue weighted by molar-refractivity contribution is 0.251. The molecule has 114 valence electrons. The van der Waals surface area contributed by atoms with Gasteiger partial charge in [-0.25, -0.2) is 4.79 Å². The highest BCUT2D eigenvalue weighted by molar-refractivity contribution is 5.93. The molecule has 2 amide bonds. The van der Waals surface area contributed by atoms with Crippen molar-refractivity contribution in [3.63, 3.8) is 0 Å². The van der Waals surface area contributed by atoms with Crippen molar-refractivity contribution in [2.24, 2.45) is 7.05 Å². The van der Waals surface area contributed by atoms with Crippen LogP contribution in [0.1, 0.15) is 5.56 Å². The number of amides is 2. The highest BCUT2D eigenvalue weighted by atomic mass is 16.2. The Hall–Kier alpha value is -3.08. The van der Waals surface area contributed by atoms with E-state index in [-0.39, 0.29) is 6.03 Å². The number of benzene rings is 2. The van der Waals surface area contributed by atoms with E-state index >= 15 is 0 Å². The SMILES string of the molecule is Cn1nc(-c2ccccc2)cc1-c1ccc2c(c1)NC(=O)NC2. The van der Waals surface area contributed by atoms with Crippen molar-refractivity contribution in [3.8, 4) is 22.5 Å². The van der Waals surface area contributed by atoms with Crippen molar-refractivity contribution in [1.29, 1.82) is 0 Å². The second-order valence-electron chi connectivity index (χ2n) is 5.58. The fourth-order valence-electron chi connectivity index (χ4n) is 2.84. The summed E-state index contributed by atoms with van der Waals surface area (Å²) in [5.74, 6) is 0. The van der Waals surface area contributed by atoms with Gasteiger partial charge in [-0.2, -0.15) is 5.10 Å². The number of carbonyl (C=O) groups is 1. The minimum absolute atomic E-state index is 0.162. The van der Waals surface area contributed by atoms with Crippen molar-refractivity contribution < 1.29 is 4.79 Å². The summed E-state index contributed by atoms with van der Waals surface area (Å²) in [6, 6.07) is 18.1. The van der Waals surface area contributed by atoms with Gasteiger partial charge in [0.2, 0.25) is 0 Å². The summed E-state index contributed by atoms with van der Waals surface area (Å²) in [5, 5.41) is 10.2. The number of hydrogen-bond donors (Lipinski definition) is 2. The maximum absolute atomic E-state index is 11.5. The summed E-state index contributed by atoms with van der Waals surface area (Å²) in [5.41, 5.74) is 6.01. The molecule has 0 aliphatic carbocycles. The van der Waals surface area contributed by atoms with Gasteiger partial charge in [0.25, 0.3) is 0 Å². The van der Waals surface area contributed by atoms with E-state index in [1.54, 1.807) is 0 Å². The Bertz CT molecular complexity index is 883. The Morgan fingerprint density at radius 2 is 1.87 bits per heavy atom. The van der Waals surface area contributed by atoms with Crippen molar-refractivity contribution in [3.05, 3.63) is 60.2 Å². The van der Waals surface area contributed by atoms with E-state index in [0.29, 0.717) is 6.54 Å². The first-order valence-electron chi connectivity index (χ1n) is 7.48. The number of aromatic nitrogens is 2. The number of carbonyl (C=O) groups excluding carboxylic acids is 1. The molecule has 1 aliphatic rings. The Morgan fingerprint density at radius 1 is 1.04 bits per heavy atom. The molecule has 2 N–H and O–H groups in total. The molecule has 2 heterocycles. The van der Waals surface area contributed by atoms with Crippen molar-refractivity contribution in [2.75, 3.05) is 5.32 Å². The first-order valence-corrected chi connectivity index (χ1v) is 7.48. The van der Waals surface area contributed by atoms with Crippen LogP contribution >= 0.6 is 0 Å². The summed E-state index contributed by atoms with van der Waals surface area (Å²) in [6.45, 7) is 0.558. The number of rotatable bonds is 2. The topological polar surface area (TPSA) is 59.0 Å². The fourth-order valence-corrected chi connectivity index (χ4v) is 2.84. The van der Waals surface area contributed by atoms with E-state index in [2.05, 4.69) is 27.9 Å². The maximum atomic E-state index is 11.5. The molecule has 4 rings (SSSR count). The molecule has 0 bridgehead atoms. The van der Waals surface area contributed by atoms with Crippen LogP contribution in [0.2, 0.25) is 0 Å². The zero-order valence-corrected chi connectivity index (χ0v) is 12.7. The average molecular weight is 304 g/mol. The molecule has 1 aliphatic heterocycles. The molecule has 3 aromatic rings. The van der Waals surface area contributed by atoms with Gasteiger partial charge in [-0.05, 0) is 17.7 Å². The van der Waals surface area contributed by atoms with Gasteiger partial charge >= 0.3 is 6.03 Å². The largest absolute Gasteiger partial charge is 0.334 e. The van der Waals surface area contributed by atoms with E-state index in [0.717, 1.165) is 33.8 Å². The number of urea groups is 1. The summed E-state index contributed by atoms with van der Waals surface area (Å²) >= 11 is 0. The molecule has 5 nitrogen and oxygen atoms in total. The first-order chi connectivity index (χ1) is 11.2. The van der Waals surface area contributed by atoms with Crippen molar-refractivity contribution in [1.82, 2.24) is 15.1 Å². The van der Waals surface area contributed by atoms with Crippen LogP contribution in [-0.2, 0) is 13.6 Å². The van der Waals surface area contributed by atoms with Gasteiger partial charge < -0.3 is 10.6 Å². The highest BCUT2D eigenvalue weighted by Gasteiger charge is 2.16. The molecule has 0 atom stereocenters. The molecule has 0 saturated carbocycles. The second-order valence-corrected chi connectivity index (χ2v) is 5.58. The number of aryl methyl sites for hydroxylation is 1. The molecular weight excluding hydrogens is 288 g/mol. The number of hydrogen-bond acceptors (Lipinski definition) is 2. The van der Waals surface area contributed by atoms with Crippen LogP contribution in [0.3, 0.4) is 0 Å². The van der Waals surface area contributed by atoms with Gasteiger partial charge in [0.15, 0.2) is 0 Å². The normalized spacial score (nSPS) is 13.2. The van der Waals surface area contributed by atoms with Crippen LogP contribution in [0.4, 0.5) is 10.5 Å². The zero-order valence-electron chi connectivity index (χ0n) is 12.7. The molecule has 0 saturated heterocycles. The third-order valence-corrected chi connectivity index (χ3v) is 4.04. The molecular formula is C18H16N4O. The molecule has 0 radical (unpaired) electrons. The van der Waals surface area contributed by atoms with Crippen LogP contribution in [0, 0.1) is 0 Å². The third kappa shape index (κ3) is 2.46. The molecule has 0 fully saturated rings. The number of nitrogens with zero attached hydrogens (tertiary/aromatic N) is 2. The summed E-state index contributed by atoms with van der Waals surface area (Å²) in [4.78, 5) is 11.5. The second kappa shape index (κ2) is 5.28. The summed E-state index contributed by atoms with van der Waals surface area (Å²) < 4.78 is 1.87. The monoisotopic (exact) mass is 304 g/mol. The first kappa shape index (κ1) is 13.6. The van der Waals surface area contributed by atoms with E-state index in [9.17, 15) is 4.79 Å². The Morgan fingerprint density at radius 3 is 2.70 bits per heavy atom. The molecule has 23 heavy (non-hydrogen) atoms. The van der Waals surface area contributed by atoms with Crippen molar-refractivity contribution in [2.45, 2.75) is 6.54 Å². The van der Waals surface area contributed by atoms with E-state index < -0.39 is 0 Å². The van der Waals surface area contributed by atoms with Gasteiger partial charge in [0.05, 0.1) is 11.4 Å². The van der Waals surface area contributed by atoms with E-state index in [4.69, 9.17) is 0 Å². The van der Waals surface area contributed by atoms with E-state index in [1.807, 2.05) is 54.2 Å². The molecule has 1 aromatic heterocycles. The maximum Gasteiger partial charge on any atom is 0.319 e. The molecule has 0 spiro atoms. The fraction of sp³-hybridized carbons (Fsp3) is 0.111. The van der Waals surface area contributed by atoms with Crippen LogP contribution < -0.4 is 10.6 Å². The Kier molecular flexibility index (Phi) is 3.12. The number of nitrogens with one attached hydrogen (secondary N) is 2. The summed E-state index contributed by atoms with van der Waals surface area (Å²) in [6.07, 6.45) is 0. The zero-order chi connectivity index (χ0) is 15.8. The number of fused-ring (bicyclic) bond motifs is 1. The van der Waals surface area contributed by atoms with Crippen LogP contribution in [0.25, 0.3) is 22.5 Å². The molecule has 0 unspecified atom stereocenters. The lowest BCUT2D eigenvalue weighted by Gasteiger charge is -2.19. The standard InChI is InChI=1S/C18H16N4O/c1-22-17(10-16(21-22)12-5-3-2-4-6-12)13-7-8-14-11-19-18(23)20-15(14)9-13/h2-10H,11H2,1H3,(H2,19,20,23). The Balaban J connectivity index is 1.75. The van der Waals surface area contributed by atoms with E-state index in [1.165, 1.54) is 0 Å². The molecule has 5 heteroatoms. The predicted molar refractivity (Wildman–Crippen MR) is 89.9 cm³/mol. The lowest BCUT2D eigenvalue weighted by Crippen LogP contribution is -2.33. The third-order valence-electron chi connectivity index (χ3n) is 4.04. The van der Waals surface area contributed by atoms with Gasteiger partial charge in [-0.15, -0.1) is 0 Å². The van der Waals surface area contributed by atoms with Crippen LogP contribution in [-0.4, -0.2) is 15.8 Å². The van der Waals surface area contributed by atoms with Crippen LogP contribution in [0.5, 0.6) is 0 Å². The lowest BCUT2D eigenvalue weighted by atomic mass is 10.0. The minimum Gasteiger partial charge on any atom is -0.334 e. The quantitative estimate of drug-likeness (QED) is 0.762. The predicted octanol–water partition coefficient (Wildman–Crippen LogP) is 3.39. The van der Waals surface area contributed by atoms with Gasteiger partial charge in [-0.1, -0.05) is 42.5 Å². The van der Waals surface area contributed by atoms with Crippen LogP contribution in [0.15, 0.2) is 54.6 Å². The van der Waals surface area contributed by atoms with Gasteiger partial charge in [0.1, 0.15) is 0 Å². The van der Waals surface area contributed by atoms with Gasteiger partial charge in [-0.3, -0.25) is 4.68 Å². The molecule has 2 aromatic carbocycles. The smallest absolute Gasteiger partial charge is 0.319 e. The average Bonchev–Trinajstić information content (AvgIpc) is 2.97.